The molecule has 0 fully saturated rings. The van der Waals surface area contributed by atoms with E-state index < -0.39 is 11.2 Å². The second kappa shape index (κ2) is 6.25. The van der Waals surface area contributed by atoms with Gasteiger partial charge in [0.25, 0.3) is 0 Å². The van der Waals surface area contributed by atoms with Gasteiger partial charge in [0.2, 0.25) is 5.95 Å². The van der Waals surface area contributed by atoms with Crippen LogP contribution in [0, 0.1) is 0 Å². The maximum Gasteiger partial charge on any atom is 0.328 e. The number of nitrogen functional groups attached to an aromatic ring is 1. The zero-order valence-electron chi connectivity index (χ0n) is 13.7. The number of allylic oxidation sites excluding steroid dienone is 2. The molecule has 1 unspecified atom stereocenters. The van der Waals surface area contributed by atoms with Crippen LogP contribution in [0.4, 0.5) is 5.95 Å². The van der Waals surface area contributed by atoms with Crippen molar-refractivity contribution < 1.29 is 9.94 Å². The highest BCUT2D eigenvalue weighted by Crippen LogP contribution is 2.33. The third kappa shape index (κ3) is 2.74. The molecule has 9 nitrogen and oxygen atoms in total. The number of hydrogen-bond donors (Lipinski definition) is 3. The van der Waals surface area contributed by atoms with Gasteiger partial charge in [-0.2, -0.15) is 9.97 Å². The molecule has 0 aromatic carbocycles. The number of nitrogens with two attached hydrogens (primary N) is 1. The number of alkyl halides is 1. The van der Waals surface area contributed by atoms with Crippen molar-refractivity contribution in [2.45, 2.75) is 25.9 Å². The summed E-state index contributed by atoms with van der Waals surface area (Å²) in [6.07, 6.45) is 0. The van der Waals surface area contributed by atoms with Crippen molar-refractivity contribution in [3.8, 4) is 0 Å². The molecule has 1 aliphatic rings. The lowest BCUT2D eigenvalue weighted by atomic mass is 10.0. The van der Waals surface area contributed by atoms with Gasteiger partial charge < -0.3 is 15.5 Å². The van der Waals surface area contributed by atoms with E-state index in [0.29, 0.717) is 22.6 Å². The van der Waals surface area contributed by atoms with E-state index >= 15 is 0 Å². The van der Waals surface area contributed by atoms with Gasteiger partial charge in [-0.05, 0) is 13.8 Å². The molecule has 1 atom stereocenters. The summed E-state index contributed by atoms with van der Waals surface area (Å²) in [4.78, 5) is 22.8. The van der Waals surface area contributed by atoms with Gasteiger partial charge >= 0.3 is 5.69 Å². The number of halogens is 2. The Morgan fingerprint density at radius 2 is 2.08 bits per heavy atom. The molecule has 2 aromatic rings. The number of methoxy groups -OCH3 is 1. The fourth-order valence-corrected chi connectivity index (χ4v) is 3.28. The summed E-state index contributed by atoms with van der Waals surface area (Å²) >= 11 is 12.2. The SMILES string of the molecule is COC1=C(C)C(Cl)N(O)C(Cn2c(=O)[nH]c3c(Cl)nc(N)nc32)=C1C. The lowest BCUT2D eigenvalue weighted by Gasteiger charge is -2.33. The Morgan fingerprint density at radius 3 is 2.72 bits per heavy atom. The fourth-order valence-electron chi connectivity index (χ4n) is 2.84. The molecule has 0 saturated heterocycles. The van der Waals surface area contributed by atoms with Gasteiger partial charge in [0.1, 0.15) is 11.3 Å². The second-order valence-electron chi connectivity index (χ2n) is 5.56. The van der Waals surface area contributed by atoms with E-state index in [1.807, 2.05) is 0 Å². The molecule has 0 saturated carbocycles. The quantitative estimate of drug-likeness (QED) is 0.417. The lowest BCUT2D eigenvalue weighted by Crippen LogP contribution is -2.36. The lowest BCUT2D eigenvalue weighted by molar-refractivity contribution is -0.0685. The van der Waals surface area contributed by atoms with E-state index in [4.69, 9.17) is 33.7 Å². The number of hydrogen-bond acceptors (Lipinski definition) is 7. The standard InChI is InChI=1S/C14H16Cl2N6O3/c1-5-7(22(24)11(16)6(2)9(5)25-3)4-21-12-8(18-14(21)23)10(15)19-13(17)20-12/h11,24H,4H2,1-3H3,(H,18,23)(H2,17,19,20). The zero-order chi connectivity index (χ0) is 18.5. The Bertz CT molecular complexity index is 977. The maximum atomic E-state index is 12.3. The van der Waals surface area contributed by atoms with Gasteiger partial charge in [-0.3, -0.25) is 9.77 Å². The summed E-state index contributed by atoms with van der Waals surface area (Å²) in [6.45, 7) is 3.50. The average molecular weight is 387 g/mol. The van der Waals surface area contributed by atoms with Crippen molar-refractivity contribution in [1.29, 1.82) is 0 Å². The van der Waals surface area contributed by atoms with Gasteiger partial charge in [0, 0.05) is 11.1 Å². The number of fused-ring (bicyclic) bond motifs is 1. The summed E-state index contributed by atoms with van der Waals surface area (Å²) in [5.74, 6) is 0.490. The van der Waals surface area contributed by atoms with Crippen LogP contribution in [-0.2, 0) is 11.3 Å². The predicted molar refractivity (Wildman–Crippen MR) is 93.2 cm³/mol. The number of anilines is 1. The van der Waals surface area contributed by atoms with E-state index in [0.717, 1.165) is 5.06 Å². The number of nitrogens with one attached hydrogen (secondary N) is 1. The number of hydroxylamine groups is 2. The predicted octanol–water partition coefficient (Wildman–Crippen LogP) is 1.82. The molecule has 0 spiro atoms. The average Bonchev–Trinajstić information content (AvgIpc) is 2.86. The Labute approximate surface area is 152 Å². The number of rotatable bonds is 3. The summed E-state index contributed by atoms with van der Waals surface area (Å²) in [5.41, 5.74) is 6.52. The summed E-state index contributed by atoms with van der Waals surface area (Å²) in [6, 6.07) is 0. The molecule has 0 amide bonds. The molecular formula is C14H16Cl2N6O3. The van der Waals surface area contributed by atoms with Gasteiger partial charge in [0.15, 0.2) is 16.3 Å². The van der Waals surface area contributed by atoms with Crippen LogP contribution in [0.15, 0.2) is 27.4 Å². The summed E-state index contributed by atoms with van der Waals surface area (Å²) < 4.78 is 6.67. The van der Waals surface area contributed by atoms with Crippen molar-refractivity contribution >= 4 is 40.3 Å². The highest BCUT2D eigenvalue weighted by molar-refractivity contribution is 6.33. The van der Waals surface area contributed by atoms with Crippen molar-refractivity contribution in [3.63, 3.8) is 0 Å². The van der Waals surface area contributed by atoms with Crippen LogP contribution in [0.5, 0.6) is 0 Å². The smallest absolute Gasteiger partial charge is 0.328 e. The number of aromatic amines is 1. The van der Waals surface area contributed by atoms with Crippen molar-refractivity contribution in [1.82, 2.24) is 24.6 Å². The molecular weight excluding hydrogens is 371 g/mol. The van der Waals surface area contributed by atoms with Gasteiger partial charge in [-0.25, -0.2) is 9.86 Å². The molecule has 1 aliphatic heterocycles. The normalized spacial score (nSPS) is 18.5. The first-order chi connectivity index (χ1) is 11.8. The van der Waals surface area contributed by atoms with Crippen LogP contribution < -0.4 is 11.4 Å². The minimum absolute atomic E-state index is 0.0166. The number of H-pyrrole nitrogens is 1. The summed E-state index contributed by atoms with van der Waals surface area (Å²) in [7, 11) is 1.52. The molecule has 0 radical (unpaired) electrons. The van der Waals surface area contributed by atoms with E-state index in [1.54, 1.807) is 13.8 Å². The van der Waals surface area contributed by atoms with Crippen LogP contribution in [0.25, 0.3) is 11.2 Å². The Balaban J connectivity index is 2.17. The minimum atomic E-state index is -0.821. The van der Waals surface area contributed by atoms with Crippen LogP contribution in [0.2, 0.25) is 5.15 Å². The first kappa shape index (κ1) is 17.6. The molecule has 3 heterocycles. The van der Waals surface area contributed by atoms with Gasteiger partial charge in [-0.15, -0.1) is 0 Å². The Morgan fingerprint density at radius 1 is 1.40 bits per heavy atom. The largest absolute Gasteiger partial charge is 0.496 e. The van der Waals surface area contributed by atoms with Gasteiger partial charge in [0.05, 0.1) is 19.4 Å². The highest BCUT2D eigenvalue weighted by atomic mass is 35.5. The number of ether oxygens (including phenoxy) is 1. The maximum absolute atomic E-state index is 12.3. The third-order valence-corrected chi connectivity index (χ3v) is 4.87. The number of imidazole rings is 1. The van der Waals surface area contributed by atoms with Crippen molar-refractivity contribution in [2.24, 2.45) is 0 Å². The topological polar surface area (TPSA) is 122 Å². The highest BCUT2D eigenvalue weighted by Gasteiger charge is 2.31. The van der Waals surface area contributed by atoms with E-state index in [-0.39, 0.29) is 28.8 Å². The second-order valence-corrected chi connectivity index (χ2v) is 6.33. The Kier molecular flexibility index (Phi) is 4.40. The fraction of sp³-hybridized carbons (Fsp3) is 0.357. The monoisotopic (exact) mass is 386 g/mol. The summed E-state index contributed by atoms with van der Waals surface area (Å²) in [5, 5.41) is 11.3. The van der Waals surface area contributed by atoms with Crippen LogP contribution >= 0.6 is 23.2 Å². The Hall–Kier alpha value is -2.23. The number of aromatic nitrogens is 4. The van der Waals surface area contributed by atoms with Crippen LogP contribution in [0.1, 0.15) is 13.8 Å². The molecule has 2 aromatic heterocycles. The minimum Gasteiger partial charge on any atom is -0.496 e. The van der Waals surface area contributed by atoms with Gasteiger partial charge in [-0.1, -0.05) is 23.2 Å². The van der Waals surface area contributed by atoms with E-state index in [9.17, 15) is 10.0 Å². The van der Waals surface area contributed by atoms with E-state index in [2.05, 4.69) is 15.0 Å². The molecule has 11 heteroatoms. The molecule has 4 N–H and O–H groups in total. The molecule has 3 rings (SSSR count). The third-order valence-electron chi connectivity index (χ3n) is 4.09. The first-order valence-corrected chi connectivity index (χ1v) is 8.06. The zero-order valence-corrected chi connectivity index (χ0v) is 15.2. The van der Waals surface area contributed by atoms with Crippen LogP contribution in [-0.4, -0.2) is 42.4 Å². The molecule has 0 aliphatic carbocycles. The van der Waals surface area contributed by atoms with Crippen molar-refractivity contribution in [2.75, 3.05) is 12.8 Å². The first-order valence-electron chi connectivity index (χ1n) is 7.24. The van der Waals surface area contributed by atoms with Crippen LogP contribution in [0.3, 0.4) is 0 Å². The molecule has 25 heavy (non-hydrogen) atoms. The van der Waals surface area contributed by atoms with E-state index in [1.165, 1.54) is 11.7 Å². The molecule has 0 bridgehead atoms. The number of nitrogens with zero attached hydrogens (tertiary/aromatic N) is 4. The molecule has 134 valence electrons. The van der Waals surface area contributed by atoms with Crippen molar-refractivity contribution in [3.05, 3.63) is 38.2 Å².